The Kier molecular flexibility index (Phi) is 9.05. The molecule has 2 amide bonds. The van der Waals surface area contributed by atoms with Crippen LogP contribution in [-0.4, -0.2) is 31.1 Å². The minimum Gasteiger partial charge on any atom is -0.404 e. The first kappa shape index (κ1) is 22.2. The van der Waals surface area contributed by atoms with Crippen LogP contribution in [0.3, 0.4) is 0 Å². The molecule has 0 aromatic heterocycles. The first-order valence-electron chi connectivity index (χ1n) is 9.12. The maximum Gasteiger partial charge on any atom is 0.273 e. The summed E-state index contributed by atoms with van der Waals surface area (Å²) in [6.07, 6.45) is 8.58. The fourth-order valence-electron chi connectivity index (χ4n) is 2.21. The quantitative estimate of drug-likeness (QED) is 0.203. The maximum absolute atomic E-state index is 11.9. The minimum atomic E-state index is -0.538. The van der Waals surface area contributed by atoms with Gasteiger partial charge >= 0.3 is 0 Å². The molecule has 0 saturated heterocycles. The number of amides is 2. The van der Waals surface area contributed by atoms with Crippen molar-refractivity contribution in [3.63, 3.8) is 0 Å². The third-order valence-electron chi connectivity index (χ3n) is 4.38. The molecular formula is C20H31N5O2. The van der Waals surface area contributed by atoms with Gasteiger partial charge < -0.3 is 16.4 Å². The zero-order valence-electron chi connectivity index (χ0n) is 16.8. The van der Waals surface area contributed by atoms with Gasteiger partial charge in [-0.1, -0.05) is 12.5 Å². The Balaban J connectivity index is 3.18. The smallest absolute Gasteiger partial charge is 0.273 e. The lowest BCUT2D eigenvalue weighted by Crippen LogP contribution is -2.29. The summed E-state index contributed by atoms with van der Waals surface area (Å²) in [6.45, 7) is 8.13. The van der Waals surface area contributed by atoms with Crippen molar-refractivity contribution in [3.05, 3.63) is 46.6 Å². The SMILES string of the molecule is CC/C(C)=C(C)\C=C(/N=C(C)C(=CN)/C=C(\NC)C(=O)NC=O)NC1CC1. The lowest BCUT2D eigenvalue weighted by atomic mass is 10.1. The van der Waals surface area contributed by atoms with Crippen LogP contribution in [-0.2, 0) is 9.59 Å². The van der Waals surface area contributed by atoms with Crippen molar-refractivity contribution < 1.29 is 9.59 Å². The van der Waals surface area contributed by atoms with Crippen LogP contribution in [0, 0.1) is 0 Å². The second kappa shape index (κ2) is 11.0. The average Bonchev–Trinajstić information content (AvgIpc) is 3.45. The van der Waals surface area contributed by atoms with E-state index in [1.54, 1.807) is 13.1 Å². The molecule has 0 radical (unpaired) electrons. The maximum atomic E-state index is 11.9. The fourth-order valence-corrected chi connectivity index (χ4v) is 2.21. The Morgan fingerprint density at radius 3 is 2.37 bits per heavy atom. The molecule has 1 rings (SSSR count). The molecule has 1 fully saturated rings. The van der Waals surface area contributed by atoms with E-state index in [0.29, 0.717) is 23.7 Å². The van der Waals surface area contributed by atoms with Crippen molar-refractivity contribution in [1.82, 2.24) is 16.0 Å². The van der Waals surface area contributed by atoms with Crippen LogP contribution < -0.4 is 21.7 Å². The van der Waals surface area contributed by atoms with Crippen molar-refractivity contribution in [1.29, 1.82) is 0 Å². The van der Waals surface area contributed by atoms with Crippen molar-refractivity contribution in [3.8, 4) is 0 Å². The van der Waals surface area contributed by atoms with Gasteiger partial charge in [-0.05, 0) is 57.8 Å². The van der Waals surface area contributed by atoms with E-state index in [0.717, 1.165) is 25.1 Å². The third-order valence-corrected chi connectivity index (χ3v) is 4.38. The molecule has 1 saturated carbocycles. The number of carbonyl (C=O) groups is 2. The third kappa shape index (κ3) is 7.52. The molecule has 0 atom stereocenters. The van der Waals surface area contributed by atoms with Gasteiger partial charge in [0.15, 0.2) is 0 Å². The predicted octanol–water partition coefficient (Wildman–Crippen LogP) is 2.01. The minimum absolute atomic E-state index is 0.215. The number of rotatable bonds is 10. The molecule has 27 heavy (non-hydrogen) atoms. The Bertz CT molecular complexity index is 710. The van der Waals surface area contributed by atoms with E-state index in [1.165, 1.54) is 17.3 Å². The summed E-state index contributed by atoms with van der Waals surface area (Å²) in [5.74, 6) is 0.236. The van der Waals surface area contributed by atoms with Gasteiger partial charge in [-0.25, -0.2) is 4.99 Å². The fraction of sp³-hybridized carbons (Fsp3) is 0.450. The van der Waals surface area contributed by atoms with E-state index in [4.69, 9.17) is 5.73 Å². The summed E-state index contributed by atoms with van der Waals surface area (Å²) >= 11 is 0. The van der Waals surface area contributed by atoms with Crippen LogP contribution in [0.5, 0.6) is 0 Å². The molecule has 0 aromatic carbocycles. The molecule has 1 aliphatic rings. The van der Waals surface area contributed by atoms with Crippen molar-refractivity contribution in [2.45, 2.75) is 53.0 Å². The van der Waals surface area contributed by atoms with Gasteiger partial charge in [-0.15, -0.1) is 0 Å². The number of aliphatic imine (C=N–C) groups is 1. The molecule has 0 heterocycles. The molecule has 0 unspecified atom stereocenters. The lowest BCUT2D eigenvalue weighted by molar-refractivity contribution is -0.122. The number of carbonyl (C=O) groups excluding carboxylic acids is 2. The predicted molar refractivity (Wildman–Crippen MR) is 110 cm³/mol. The summed E-state index contributed by atoms with van der Waals surface area (Å²) in [4.78, 5) is 27.0. The summed E-state index contributed by atoms with van der Waals surface area (Å²) in [5.41, 5.74) is 9.67. The highest BCUT2D eigenvalue weighted by Crippen LogP contribution is 2.22. The summed E-state index contributed by atoms with van der Waals surface area (Å²) in [5, 5.41) is 8.29. The number of nitrogens with zero attached hydrogens (tertiary/aromatic N) is 1. The number of hydrogen-bond donors (Lipinski definition) is 4. The van der Waals surface area contributed by atoms with Crippen LogP contribution >= 0.6 is 0 Å². The molecule has 1 aliphatic carbocycles. The second-order valence-corrected chi connectivity index (χ2v) is 6.48. The molecule has 0 aliphatic heterocycles. The van der Waals surface area contributed by atoms with E-state index in [9.17, 15) is 9.59 Å². The molecule has 0 bridgehead atoms. The topological polar surface area (TPSA) is 109 Å². The van der Waals surface area contributed by atoms with E-state index < -0.39 is 5.91 Å². The van der Waals surface area contributed by atoms with Gasteiger partial charge in [0.2, 0.25) is 6.41 Å². The first-order valence-corrected chi connectivity index (χ1v) is 9.12. The average molecular weight is 374 g/mol. The van der Waals surface area contributed by atoms with Crippen molar-refractivity contribution in [2.75, 3.05) is 7.05 Å². The highest BCUT2D eigenvalue weighted by molar-refractivity contribution is 6.05. The van der Waals surface area contributed by atoms with Gasteiger partial charge in [0, 0.05) is 30.6 Å². The van der Waals surface area contributed by atoms with Crippen LogP contribution in [0.25, 0.3) is 0 Å². The molecular weight excluding hydrogens is 342 g/mol. The Hall–Kier alpha value is -2.83. The normalized spacial score (nSPS) is 17.2. The summed E-state index contributed by atoms with van der Waals surface area (Å²) < 4.78 is 0. The van der Waals surface area contributed by atoms with Gasteiger partial charge in [0.05, 0.1) is 0 Å². The molecule has 7 heteroatoms. The van der Waals surface area contributed by atoms with Crippen LogP contribution in [0.1, 0.15) is 47.0 Å². The zero-order valence-corrected chi connectivity index (χ0v) is 16.8. The standard InChI is InChI=1S/C20H31N5O2/c1-6-13(2)14(3)9-19(25-17-7-8-17)24-15(4)16(11-21)10-18(22-5)20(27)23-12-26/h9-12,17,22,25H,6-8,21H2,1-5H3,(H,23,26,27)/b14-13-,16-11?,18-10-,19-9+,24-15?. The molecule has 148 valence electrons. The largest absolute Gasteiger partial charge is 0.404 e. The number of likely N-dealkylation sites (N-methyl/N-ethyl adjacent to an activating group) is 1. The van der Waals surface area contributed by atoms with Gasteiger partial charge in [0.25, 0.3) is 5.91 Å². The Labute approximate surface area is 161 Å². The van der Waals surface area contributed by atoms with Gasteiger partial charge in [-0.3, -0.25) is 14.9 Å². The van der Waals surface area contributed by atoms with Crippen LogP contribution in [0.4, 0.5) is 0 Å². The highest BCUT2D eigenvalue weighted by Gasteiger charge is 2.22. The number of hydrogen-bond acceptors (Lipinski definition) is 6. The lowest BCUT2D eigenvalue weighted by Gasteiger charge is -2.11. The van der Waals surface area contributed by atoms with E-state index in [1.807, 2.05) is 13.0 Å². The Morgan fingerprint density at radius 2 is 1.89 bits per heavy atom. The number of allylic oxidation sites excluding steroid dienone is 5. The van der Waals surface area contributed by atoms with E-state index in [-0.39, 0.29) is 5.70 Å². The first-order chi connectivity index (χ1) is 12.9. The van der Waals surface area contributed by atoms with Crippen molar-refractivity contribution >= 4 is 18.0 Å². The molecule has 0 aromatic rings. The monoisotopic (exact) mass is 373 g/mol. The van der Waals surface area contributed by atoms with Crippen LogP contribution in [0.2, 0.25) is 0 Å². The van der Waals surface area contributed by atoms with Crippen molar-refractivity contribution in [2.24, 2.45) is 10.7 Å². The van der Waals surface area contributed by atoms with Crippen LogP contribution in [0.15, 0.2) is 51.6 Å². The zero-order chi connectivity index (χ0) is 20.4. The highest BCUT2D eigenvalue weighted by atomic mass is 16.2. The molecule has 5 N–H and O–H groups in total. The number of imide groups is 1. The summed E-state index contributed by atoms with van der Waals surface area (Å²) in [6, 6.07) is 0.453. The second-order valence-electron chi connectivity index (χ2n) is 6.48. The summed E-state index contributed by atoms with van der Waals surface area (Å²) in [7, 11) is 1.60. The Morgan fingerprint density at radius 1 is 1.22 bits per heavy atom. The molecule has 0 spiro atoms. The van der Waals surface area contributed by atoms with E-state index in [2.05, 4.69) is 41.7 Å². The number of nitrogens with one attached hydrogen (secondary N) is 3. The van der Waals surface area contributed by atoms with Gasteiger partial charge in [-0.2, -0.15) is 0 Å². The number of nitrogens with two attached hydrogens (primary N) is 1. The van der Waals surface area contributed by atoms with E-state index >= 15 is 0 Å². The molecule has 7 nitrogen and oxygen atoms in total. The van der Waals surface area contributed by atoms with Gasteiger partial charge in [0.1, 0.15) is 11.5 Å².